The molecule has 0 bridgehead atoms. The second-order valence-electron chi connectivity index (χ2n) is 11.8. The minimum atomic E-state index is -4.55. The number of carbonyl (C=O) groups excluding carboxylic acids is 1. The number of halogens is 6. The van der Waals surface area contributed by atoms with Gasteiger partial charge in [-0.3, -0.25) is 4.79 Å². The van der Waals surface area contributed by atoms with E-state index in [0.717, 1.165) is 6.04 Å². The van der Waals surface area contributed by atoms with Crippen molar-refractivity contribution in [3.05, 3.63) is 29.6 Å². The highest BCUT2D eigenvalue weighted by Crippen LogP contribution is 2.42. The summed E-state index contributed by atoms with van der Waals surface area (Å²) in [5.74, 6) is -6.13. The van der Waals surface area contributed by atoms with Gasteiger partial charge in [0.25, 0.3) is 0 Å². The molecule has 1 aliphatic rings. The molecule has 6 nitrogen and oxygen atoms in total. The lowest BCUT2D eigenvalue weighted by molar-refractivity contribution is -0.154. The molecule has 0 saturated heterocycles. The maximum atomic E-state index is 14.2. The molecule has 13 heteroatoms. The van der Waals surface area contributed by atoms with Crippen LogP contribution >= 0.6 is 12.4 Å². The summed E-state index contributed by atoms with van der Waals surface area (Å²) in [6, 6.07) is 5.14. The molecule has 0 radical (unpaired) electrons. The van der Waals surface area contributed by atoms with Crippen LogP contribution in [-0.4, -0.2) is 42.2 Å². The van der Waals surface area contributed by atoms with Gasteiger partial charge in [0, 0.05) is 27.5 Å². The Labute approximate surface area is 233 Å². The standard InChI is InChI=1S/C26H39F5N4O2Si.ClH/c1-16(19(23(33)36)14-26(29,30)31)17-7-8-21-20(12-17)34-24(35(21)15-37-10-11-38(2,3)4)22(32)18-6-5-9-25(27,28)13-18;/h7-8,12,16,18-19,22H,5-6,9-11,13-15,32H2,1-4H3,(H2,33,36);1H/t16-,18+,19?,22-;/m0./s1. The molecule has 2 aromatic rings. The molecule has 222 valence electrons. The van der Waals surface area contributed by atoms with Gasteiger partial charge in [0.2, 0.25) is 11.8 Å². The molecule has 1 saturated carbocycles. The average molecular weight is 599 g/mol. The molecule has 1 aliphatic carbocycles. The van der Waals surface area contributed by atoms with Crippen LogP contribution in [0.3, 0.4) is 0 Å². The quantitative estimate of drug-likeness (QED) is 0.170. The fourth-order valence-corrected chi connectivity index (χ4v) is 5.86. The number of primary amides is 1. The Bertz CT molecular complexity index is 1120. The molecule has 1 fully saturated rings. The van der Waals surface area contributed by atoms with Crippen molar-refractivity contribution in [1.82, 2.24) is 9.55 Å². The van der Waals surface area contributed by atoms with Gasteiger partial charge in [-0.2, -0.15) is 13.2 Å². The van der Waals surface area contributed by atoms with E-state index >= 15 is 0 Å². The van der Waals surface area contributed by atoms with E-state index in [1.807, 2.05) is 0 Å². The van der Waals surface area contributed by atoms with E-state index in [0.29, 0.717) is 41.9 Å². The van der Waals surface area contributed by atoms with Crippen molar-refractivity contribution in [2.45, 2.75) is 95.5 Å². The lowest BCUT2D eigenvalue weighted by atomic mass is 9.82. The van der Waals surface area contributed by atoms with Crippen molar-refractivity contribution >= 4 is 37.4 Å². The molecule has 4 N–H and O–H groups in total. The van der Waals surface area contributed by atoms with E-state index in [1.165, 1.54) is 6.92 Å². The summed E-state index contributed by atoms with van der Waals surface area (Å²) >= 11 is 0. The highest BCUT2D eigenvalue weighted by molar-refractivity contribution is 6.76. The zero-order valence-corrected chi connectivity index (χ0v) is 24.7. The minimum absolute atomic E-state index is 0. The Hall–Kier alpha value is -1.76. The van der Waals surface area contributed by atoms with E-state index in [2.05, 4.69) is 24.6 Å². The van der Waals surface area contributed by atoms with Crippen molar-refractivity contribution < 1.29 is 31.5 Å². The van der Waals surface area contributed by atoms with Gasteiger partial charge >= 0.3 is 6.18 Å². The molecule has 1 aromatic heterocycles. The van der Waals surface area contributed by atoms with Gasteiger partial charge in [0.1, 0.15) is 12.6 Å². The number of nitrogens with zero attached hydrogens (tertiary/aromatic N) is 2. The van der Waals surface area contributed by atoms with Crippen LogP contribution in [0.4, 0.5) is 22.0 Å². The molecular formula is C26H40ClF5N4O2Si. The van der Waals surface area contributed by atoms with Gasteiger partial charge in [0.15, 0.2) is 0 Å². The summed E-state index contributed by atoms with van der Waals surface area (Å²) < 4.78 is 75.3. The lowest BCUT2D eigenvalue weighted by Crippen LogP contribution is -2.34. The normalized spacial score (nSPS) is 20.3. The van der Waals surface area contributed by atoms with Gasteiger partial charge in [-0.05, 0) is 48.4 Å². The van der Waals surface area contributed by atoms with Crippen molar-refractivity contribution in [3.8, 4) is 0 Å². The van der Waals surface area contributed by atoms with E-state index < -0.39 is 56.3 Å². The predicted octanol–water partition coefficient (Wildman–Crippen LogP) is 6.75. The molecular weight excluding hydrogens is 559 g/mol. The Balaban J connectivity index is 0.00000533. The van der Waals surface area contributed by atoms with Gasteiger partial charge < -0.3 is 20.8 Å². The second-order valence-corrected chi connectivity index (χ2v) is 17.5. The Kier molecular flexibility index (Phi) is 11.0. The van der Waals surface area contributed by atoms with Crippen LogP contribution in [-0.2, 0) is 16.3 Å². The van der Waals surface area contributed by atoms with Crippen LogP contribution < -0.4 is 11.5 Å². The van der Waals surface area contributed by atoms with Crippen molar-refractivity contribution in [2.24, 2.45) is 23.3 Å². The largest absolute Gasteiger partial charge is 0.389 e. The van der Waals surface area contributed by atoms with Crippen LogP contribution in [0.1, 0.15) is 62.4 Å². The maximum absolute atomic E-state index is 14.2. The molecule has 1 unspecified atom stereocenters. The van der Waals surface area contributed by atoms with Crippen LogP contribution in [0.25, 0.3) is 11.0 Å². The Morgan fingerprint density at radius 1 is 1.28 bits per heavy atom. The van der Waals surface area contributed by atoms with Gasteiger partial charge in [0.05, 0.1) is 29.4 Å². The molecule has 0 aliphatic heterocycles. The first-order chi connectivity index (χ1) is 17.5. The van der Waals surface area contributed by atoms with Crippen molar-refractivity contribution in [1.29, 1.82) is 0 Å². The number of alkyl halides is 5. The Morgan fingerprint density at radius 2 is 1.95 bits per heavy atom. The number of carbonyl (C=O) groups is 1. The molecule has 0 spiro atoms. The number of rotatable bonds is 11. The zero-order valence-electron chi connectivity index (χ0n) is 22.9. The summed E-state index contributed by atoms with van der Waals surface area (Å²) in [6.07, 6.45) is -5.44. The molecule has 1 aromatic carbocycles. The lowest BCUT2D eigenvalue weighted by Gasteiger charge is -2.32. The number of hydrogen-bond donors (Lipinski definition) is 2. The number of hydrogen-bond acceptors (Lipinski definition) is 4. The molecule has 1 heterocycles. The number of benzene rings is 1. The number of fused-ring (bicyclic) bond motifs is 1. The third kappa shape index (κ3) is 9.12. The Morgan fingerprint density at radius 3 is 2.51 bits per heavy atom. The number of ether oxygens (including phenoxy) is 1. The molecule has 4 atom stereocenters. The molecule has 3 rings (SSSR count). The smallest absolute Gasteiger partial charge is 0.369 e. The van der Waals surface area contributed by atoms with Crippen LogP contribution in [0, 0.1) is 11.8 Å². The predicted molar refractivity (Wildman–Crippen MR) is 147 cm³/mol. The van der Waals surface area contributed by atoms with Crippen LogP contribution in [0.5, 0.6) is 0 Å². The van der Waals surface area contributed by atoms with Crippen LogP contribution in [0.2, 0.25) is 25.7 Å². The van der Waals surface area contributed by atoms with E-state index in [1.54, 1.807) is 22.8 Å². The van der Waals surface area contributed by atoms with E-state index in [-0.39, 0.29) is 32.0 Å². The van der Waals surface area contributed by atoms with Gasteiger partial charge in [-0.25, -0.2) is 13.8 Å². The summed E-state index contributed by atoms with van der Waals surface area (Å²) in [5, 5.41) is 0. The monoisotopic (exact) mass is 598 g/mol. The van der Waals surface area contributed by atoms with Crippen molar-refractivity contribution in [3.63, 3.8) is 0 Å². The first kappa shape index (κ1) is 33.4. The second kappa shape index (κ2) is 12.8. The molecule has 1 amide bonds. The fraction of sp³-hybridized carbons (Fsp3) is 0.692. The topological polar surface area (TPSA) is 96.2 Å². The van der Waals surface area contributed by atoms with Gasteiger partial charge in [-0.15, -0.1) is 12.4 Å². The van der Waals surface area contributed by atoms with Gasteiger partial charge in [-0.1, -0.05) is 32.6 Å². The SMILES string of the molecule is C[C@@H](c1ccc2c(c1)nc([C@@H](N)[C@@H]1CCCC(F)(F)C1)n2COCC[Si](C)(C)C)C(CC(F)(F)F)C(N)=O.Cl. The highest BCUT2D eigenvalue weighted by Gasteiger charge is 2.40. The maximum Gasteiger partial charge on any atom is 0.389 e. The van der Waals surface area contributed by atoms with E-state index in [9.17, 15) is 26.7 Å². The summed E-state index contributed by atoms with van der Waals surface area (Å²) in [7, 11) is -1.34. The summed E-state index contributed by atoms with van der Waals surface area (Å²) in [4.78, 5) is 16.5. The number of amides is 1. The number of nitrogens with two attached hydrogens (primary N) is 2. The van der Waals surface area contributed by atoms with Crippen LogP contribution in [0.15, 0.2) is 18.2 Å². The first-order valence-electron chi connectivity index (χ1n) is 13.0. The zero-order chi connectivity index (χ0) is 28.5. The summed E-state index contributed by atoms with van der Waals surface area (Å²) in [6.45, 7) is 8.87. The van der Waals surface area contributed by atoms with E-state index in [4.69, 9.17) is 16.2 Å². The number of imidazole rings is 1. The first-order valence-corrected chi connectivity index (χ1v) is 16.8. The summed E-state index contributed by atoms with van der Waals surface area (Å²) in [5.41, 5.74) is 13.4. The average Bonchev–Trinajstić information content (AvgIpc) is 3.15. The minimum Gasteiger partial charge on any atom is -0.369 e. The third-order valence-corrected chi connectivity index (χ3v) is 9.15. The van der Waals surface area contributed by atoms with Crippen molar-refractivity contribution in [2.75, 3.05) is 6.61 Å². The highest BCUT2D eigenvalue weighted by atomic mass is 35.5. The third-order valence-electron chi connectivity index (χ3n) is 7.45. The fourth-order valence-electron chi connectivity index (χ4n) is 5.11. The number of aromatic nitrogens is 2. The molecule has 39 heavy (non-hydrogen) atoms.